The molecule has 8 nitrogen and oxygen atoms in total. The highest BCUT2D eigenvalue weighted by atomic mass is 16.7. The van der Waals surface area contributed by atoms with Crippen LogP contribution in [-0.4, -0.2) is 51.8 Å². The number of hydrogen-bond donors (Lipinski definition) is 2. The van der Waals surface area contributed by atoms with E-state index in [1.165, 1.54) is 17.9 Å². The Morgan fingerprint density at radius 1 is 1.41 bits per heavy atom. The van der Waals surface area contributed by atoms with Crippen molar-refractivity contribution in [1.29, 1.82) is 0 Å². The Morgan fingerprint density at radius 2 is 2.09 bits per heavy atom. The number of aromatic nitrogens is 2. The lowest BCUT2D eigenvalue weighted by molar-refractivity contribution is -0.260. The number of H-pyrrole nitrogens is 1. The summed E-state index contributed by atoms with van der Waals surface area (Å²) in [6, 6.07) is 0. The minimum Gasteiger partial charge on any atom is -0.387 e. The average molecular weight is 312 g/mol. The molecule has 2 aliphatic rings. The van der Waals surface area contributed by atoms with Crippen molar-refractivity contribution in [1.82, 2.24) is 9.55 Å². The van der Waals surface area contributed by atoms with Gasteiger partial charge in [-0.2, -0.15) is 0 Å². The summed E-state index contributed by atoms with van der Waals surface area (Å²) in [6.45, 7) is 5.35. The summed E-state index contributed by atoms with van der Waals surface area (Å²) in [5, 5.41) is 10.6. The number of rotatable bonds is 3. The second-order valence-corrected chi connectivity index (χ2v) is 6.35. The molecule has 0 spiro atoms. The zero-order valence-corrected chi connectivity index (χ0v) is 13.0. The Labute approximate surface area is 126 Å². The summed E-state index contributed by atoms with van der Waals surface area (Å²) in [5.74, 6) is 0. The molecule has 4 unspecified atom stereocenters. The number of aryl methyl sites for hydroxylation is 1. The van der Waals surface area contributed by atoms with Crippen molar-refractivity contribution >= 4 is 0 Å². The highest BCUT2D eigenvalue weighted by molar-refractivity contribution is 5.17. The smallest absolute Gasteiger partial charge is 0.330 e. The molecule has 1 aromatic rings. The lowest BCUT2D eigenvalue weighted by Crippen LogP contribution is -2.57. The summed E-state index contributed by atoms with van der Waals surface area (Å²) in [4.78, 5) is 25.8. The van der Waals surface area contributed by atoms with E-state index in [0.717, 1.165) is 0 Å². The number of aliphatic hydroxyl groups is 1. The summed E-state index contributed by atoms with van der Waals surface area (Å²) >= 11 is 0. The fraction of sp³-hybridized carbons (Fsp3) is 0.714. The van der Waals surface area contributed by atoms with E-state index >= 15 is 0 Å². The molecule has 2 N–H and O–H groups in total. The van der Waals surface area contributed by atoms with Gasteiger partial charge in [0.2, 0.25) is 0 Å². The summed E-state index contributed by atoms with van der Waals surface area (Å²) in [5.41, 5.74) is -2.50. The average Bonchev–Trinajstić information content (AvgIpc) is 2.79. The molecule has 0 radical (unpaired) electrons. The van der Waals surface area contributed by atoms with Crippen LogP contribution in [0.4, 0.5) is 0 Å². The third-order valence-corrected chi connectivity index (χ3v) is 4.63. The summed E-state index contributed by atoms with van der Waals surface area (Å²) in [6.07, 6.45) is -1.06. The first kappa shape index (κ1) is 15.4. The van der Waals surface area contributed by atoms with Gasteiger partial charge in [-0.3, -0.25) is 14.3 Å². The van der Waals surface area contributed by atoms with Gasteiger partial charge in [0.25, 0.3) is 5.56 Å². The van der Waals surface area contributed by atoms with Gasteiger partial charge in [0.05, 0.1) is 12.2 Å². The van der Waals surface area contributed by atoms with Crippen LogP contribution in [0.1, 0.15) is 25.6 Å². The molecule has 8 heteroatoms. The molecule has 3 heterocycles. The largest absolute Gasteiger partial charge is 0.387 e. The molecular formula is C14H20N2O6. The quantitative estimate of drug-likeness (QED) is 0.765. The number of hydrogen-bond acceptors (Lipinski definition) is 6. The monoisotopic (exact) mass is 312 g/mol. The predicted molar refractivity (Wildman–Crippen MR) is 75.7 cm³/mol. The van der Waals surface area contributed by atoms with Gasteiger partial charge >= 0.3 is 5.69 Å². The maximum atomic E-state index is 12.0. The number of fused-ring (bicyclic) bond motifs is 2. The van der Waals surface area contributed by atoms with Gasteiger partial charge in [-0.25, -0.2) is 4.79 Å². The van der Waals surface area contributed by atoms with Gasteiger partial charge in [0.15, 0.2) is 11.8 Å². The number of ether oxygens (including phenoxy) is 3. The summed E-state index contributed by atoms with van der Waals surface area (Å²) in [7, 11) is 1.51. The van der Waals surface area contributed by atoms with E-state index in [2.05, 4.69) is 4.98 Å². The molecule has 3 rings (SSSR count). The minimum atomic E-state index is -1.07. The van der Waals surface area contributed by atoms with Crippen molar-refractivity contribution < 1.29 is 19.3 Å². The van der Waals surface area contributed by atoms with Crippen molar-refractivity contribution in [2.45, 2.75) is 50.4 Å². The Balaban J connectivity index is 2.06. The first-order valence-corrected chi connectivity index (χ1v) is 7.08. The number of nitrogens with one attached hydrogen (secondary N) is 1. The molecule has 2 saturated heterocycles. The lowest BCUT2D eigenvalue weighted by Gasteiger charge is -2.42. The number of nitrogens with zero attached hydrogens (tertiary/aromatic N) is 1. The SMILES string of the molecule is COCC12OC(n3cc(C)c(=O)[nH]c3=O)C(OC1(C)C)C2O. The second-order valence-electron chi connectivity index (χ2n) is 6.35. The Kier molecular flexibility index (Phi) is 3.33. The van der Waals surface area contributed by atoms with E-state index in [1.807, 2.05) is 13.8 Å². The van der Waals surface area contributed by atoms with Crippen LogP contribution in [0, 0.1) is 6.92 Å². The fourth-order valence-corrected chi connectivity index (χ4v) is 3.33. The maximum absolute atomic E-state index is 12.0. The van der Waals surface area contributed by atoms with Crippen molar-refractivity contribution in [3.8, 4) is 0 Å². The number of aliphatic hydroxyl groups excluding tert-OH is 1. The zero-order chi connectivity index (χ0) is 16.3. The first-order chi connectivity index (χ1) is 10.2. The Morgan fingerprint density at radius 3 is 2.73 bits per heavy atom. The third-order valence-electron chi connectivity index (χ3n) is 4.63. The molecule has 0 amide bonds. The molecule has 1 aromatic heterocycles. The minimum absolute atomic E-state index is 0.130. The highest BCUT2D eigenvalue weighted by Crippen LogP contribution is 2.53. The Bertz CT molecular complexity index is 708. The topological polar surface area (TPSA) is 103 Å². The van der Waals surface area contributed by atoms with Crippen molar-refractivity contribution in [2.24, 2.45) is 0 Å². The zero-order valence-electron chi connectivity index (χ0n) is 13.0. The first-order valence-electron chi connectivity index (χ1n) is 7.08. The van der Waals surface area contributed by atoms with E-state index in [-0.39, 0.29) is 6.61 Å². The van der Waals surface area contributed by atoms with Crippen LogP contribution in [0.2, 0.25) is 0 Å². The van der Waals surface area contributed by atoms with Crippen LogP contribution in [0.15, 0.2) is 15.8 Å². The van der Waals surface area contributed by atoms with Gasteiger partial charge < -0.3 is 19.3 Å². The lowest BCUT2D eigenvalue weighted by atomic mass is 9.84. The molecule has 2 fully saturated rings. The van der Waals surface area contributed by atoms with Crippen molar-refractivity contribution in [3.63, 3.8) is 0 Å². The van der Waals surface area contributed by atoms with E-state index < -0.39 is 40.9 Å². The molecule has 2 bridgehead atoms. The van der Waals surface area contributed by atoms with Crippen LogP contribution in [-0.2, 0) is 14.2 Å². The number of aromatic amines is 1. The van der Waals surface area contributed by atoms with Crippen LogP contribution in [0.25, 0.3) is 0 Å². The molecule has 22 heavy (non-hydrogen) atoms. The molecule has 0 aliphatic carbocycles. The number of methoxy groups -OCH3 is 1. The molecule has 0 saturated carbocycles. The van der Waals surface area contributed by atoms with Crippen LogP contribution in [0.5, 0.6) is 0 Å². The van der Waals surface area contributed by atoms with Gasteiger partial charge in [0.1, 0.15) is 12.2 Å². The standard InChI is InChI=1S/C14H20N2O6/c1-7-5-16(12(19)15-10(7)18)11-8-9(17)14(22-11,6-20-4)13(2,3)21-8/h5,8-9,11,17H,6H2,1-4H3,(H,15,18,19). The fourth-order valence-electron chi connectivity index (χ4n) is 3.33. The molecular weight excluding hydrogens is 292 g/mol. The van der Waals surface area contributed by atoms with E-state index in [9.17, 15) is 14.7 Å². The third kappa shape index (κ3) is 1.84. The predicted octanol–water partition coefficient (Wildman–Crippen LogP) is -0.703. The van der Waals surface area contributed by atoms with Crippen molar-refractivity contribution in [2.75, 3.05) is 13.7 Å². The Hall–Kier alpha value is -1.48. The van der Waals surface area contributed by atoms with Crippen molar-refractivity contribution in [3.05, 3.63) is 32.6 Å². The molecule has 4 atom stereocenters. The normalized spacial score (nSPS) is 36.0. The van der Waals surface area contributed by atoms with Gasteiger partial charge in [0, 0.05) is 18.9 Å². The van der Waals surface area contributed by atoms with Gasteiger partial charge in [-0.1, -0.05) is 0 Å². The second kappa shape index (κ2) is 4.76. The molecule has 2 aliphatic heterocycles. The summed E-state index contributed by atoms with van der Waals surface area (Å²) < 4.78 is 18.4. The van der Waals surface area contributed by atoms with Crippen LogP contribution >= 0.6 is 0 Å². The molecule has 0 aromatic carbocycles. The molecule has 122 valence electrons. The van der Waals surface area contributed by atoms with Crippen LogP contribution in [0.3, 0.4) is 0 Å². The van der Waals surface area contributed by atoms with E-state index in [1.54, 1.807) is 6.92 Å². The van der Waals surface area contributed by atoms with Gasteiger partial charge in [-0.15, -0.1) is 0 Å². The maximum Gasteiger partial charge on any atom is 0.330 e. The van der Waals surface area contributed by atoms with E-state index in [4.69, 9.17) is 14.2 Å². The highest BCUT2D eigenvalue weighted by Gasteiger charge is 2.70. The van der Waals surface area contributed by atoms with Gasteiger partial charge in [-0.05, 0) is 20.8 Å². The van der Waals surface area contributed by atoms with E-state index in [0.29, 0.717) is 5.56 Å². The van der Waals surface area contributed by atoms with Crippen LogP contribution < -0.4 is 11.2 Å².